The first-order chi connectivity index (χ1) is 7.81. The first-order valence-corrected chi connectivity index (χ1v) is 7.02. The summed E-state index contributed by atoms with van der Waals surface area (Å²) in [6.07, 6.45) is 11.3. The van der Waals surface area contributed by atoms with Gasteiger partial charge in [0.15, 0.2) is 0 Å². The van der Waals surface area contributed by atoms with Gasteiger partial charge in [-0.1, -0.05) is 38.5 Å². The lowest BCUT2D eigenvalue weighted by Crippen LogP contribution is -2.38. The summed E-state index contributed by atoms with van der Waals surface area (Å²) in [6, 6.07) is 0. The molecule has 94 valence electrons. The van der Waals surface area contributed by atoms with Gasteiger partial charge in [0.05, 0.1) is 12.2 Å². The van der Waals surface area contributed by atoms with Gasteiger partial charge in [-0.25, -0.2) is 0 Å². The lowest BCUT2D eigenvalue weighted by molar-refractivity contribution is -0.0663. The number of ether oxygens (including phenoxy) is 1. The highest BCUT2D eigenvalue weighted by molar-refractivity contribution is 4.83. The van der Waals surface area contributed by atoms with Crippen molar-refractivity contribution in [3.63, 3.8) is 0 Å². The third-order valence-corrected chi connectivity index (χ3v) is 4.57. The largest absolute Gasteiger partial charge is 0.390 e. The van der Waals surface area contributed by atoms with E-state index in [9.17, 15) is 5.11 Å². The molecule has 0 aromatic carbocycles. The van der Waals surface area contributed by atoms with E-state index < -0.39 is 0 Å². The summed E-state index contributed by atoms with van der Waals surface area (Å²) in [5.41, 5.74) is 0. The standard InChI is InChI=1S/C14H26O2/c1-16-14(12-8-3-2-4-9-12)13(15)10-11-6-5-7-11/h11-15H,2-10H2,1H3. The van der Waals surface area contributed by atoms with Crippen molar-refractivity contribution in [1.29, 1.82) is 0 Å². The first-order valence-electron chi connectivity index (χ1n) is 7.02. The molecule has 0 heterocycles. The molecule has 2 heteroatoms. The molecular weight excluding hydrogens is 200 g/mol. The number of aliphatic hydroxyl groups excluding tert-OH is 1. The summed E-state index contributed by atoms with van der Waals surface area (Å²) in [6.45, 7) is 0. The van der Waals surface area contributed by atoms with Crippen molar-refractivity contribution < 1.29 is 9.84 Å². The molecule has 0 saturated heterocycles. The van der Waals surface area contributed by atoms with E-state index in [2.05, 4.69) is 0 Å². The summed E-state index contributed by atoms with van der Waals surface area (Å²) in [7, 11) is 1.77. The van der Waals surface area contributed by atoms with E-state index in [-0.39, 0.29) is 12.2 Å². The molecule has 16 heavy (non-hydrogen) atoms. The van der Waals surface area contributed by atoms with Crippen LogP contribution in [-0.2, 0) is 4.74 Å². The average Bonchev–Trinajstić information content (AvgIpc) is 2.26. The molecule has 0 aromatic rings. The Morgan fingerprint density at radius 1 is 1.06 bits per heavy atom. The second kappa shape index (κ2) is 6.02. The van der Waals surface area contributed by atoms with Crippen LogP contribution in [0.15, 0.2) is 0 Å². The van der Waals surface area contributed by atoms with E-state index >= 15 is 0 Å². The van der Waals surface area contributed by atoms with Gasteiger partial charge in [0.2, 0.25) is 0 Å². The van der Waals surface area contributed by atoms with Crippen molar-refractivity contribution in [3.05, 3.63) is 0 Å². The molecule has 2 nitrogen and oxygen atoms in total. The molecule has 0 amide bonds. The normalized spacial score (nSPS) is 27.4. The summed E-state index contributed by atoms with van der Waals surface area (Å²) in [4.78, 5) is 0. The highest BCUT2D eigenvalue weighted by atomic mass is 16.5. The number of hydrogen-bond donors (Lipinski definition) is 1. The molecule has 2 rings (SSSR count). The molecule has 0 aliphatic heterocycles. The Labute approximate surface area is 99.4 Å². The summed E-state index contributed by atoms with van der Waals surface area (Å²) < 4.78 is 5.57. The Kier molecular flexibility index (Phi) is 4.66. The maximum Gasteiger partial charge on any atom is 0.0858 e. The topological polar surface area (TPSA) is 29.5 Å². The summed E-state index contributed by atoms with van der Waals surface area (Å²) in [5.74, 6) is 1.38. The molecule has 2 aliphatic rings. The van der Waals surface area contributed by atoms with Crippen LogP contribution >= 0.6 is 0 Å². The quantitative estimate of drug-likeness (QED) is 0.780. The smallest absolute Gasteiger partial charge is 0.0858 e. The molecule has 2 aliphatic carbocycles. The average molecular weight is 226 g/mol. The van der Waals surface area contributed by atoms with Crippen LogP contribution in [0, 0.1) is 11.8 Å². The fourth-order valence-electron chi connectivity index (χ4n) is 3.33. The van der Waals surface area contributed by atoms with E-state index in [4.69, 9.17) is 4.74 Å². The fourth-order valence-corrected chi connectivity index (χ4v) is 3.33. The molecule has 2 atom stereocenters. The Hall–Kier alpha value is -0.0800. The SMILES string of the molecule is COC(C(O)CC1CCC1)C1CCCCC1. The van der Waals surface area contributed by atoms with Crippen molar-refractivity contribution in [2.24, 2.45) is 11.8 Å². The molecule has 0 bridgehead atoms. The zero-order valence-electron chi connectivity index (χ0n) is 10.5. The number of hydrogen-bond acceptors (Lipinski definition) is 2. The summed E-state index contributed by atoms with van der Waals surface area (Å²) in [5, 5.41) is 10.3. The van der Waals surface area contributed by atoms with Crippen molar-refractivity contribution in [2.45, 2.75) is 70.0 Å². The second-order valence-corrected chi connectivity index (χ2v) is 5.70. The van der Waals surface area contributed by atoms with Gasteiger partial charge < -0.3 is 9.84 Å². The van der Waals surface area contributed by atoms with Crippen LogP contribution in [0.1, 0.15) is 57.8 Å². The molecule has 2 fully saturated rings. The third kappa shape index (κ3) is 2.98. The van der Waals surface area contributed by atoms with E-state index in [1.165, 1.54) is 51.4 Å². The fraction of sp³-hybridized carbons (Fsp3) is 1.00. The number of methoxy groups -OCH3 is 1. The van der Waals surface area contributed by atoms with Gasteiger partial charge in [-0.2, -0.15) is 0 Å². The number of aliphatic hydroxyl groups is 1. The van der Waals surface area contributed by atoms with Crippen LogP contribution < -0.4 is 0 Å². The van der Waals surface area contributed by atoms with Crippen LogP contribution in [0.25, 0.3) is 0 Å². The van der Waals surface area contributed by atoms with Crippen molar-refractivity contribution in [3.8, 4) is 0 Å². The zero-order valence-corrected chi connectivity index (χ0v) is 10.5. The van der Waals surface area contributed by atoms with Gasteiger partial charge in [-0.05, 0) is 31.1 Å². The van der Waals surface area contributed by atoms with Crippen LogP contribution in [0.3, 0.4) is 0 Å². The minimum Gasteiger partial charge on any atom is -0.390 e. The molecular formula is C14H26O2. The first kappa shape index (κ1) is 12.4. The van der Waals surface area contributed by atoms with Gasteiger partial charge in [-0.3, -0.25) is 0 Å². The Morgan fingerprint density at radius 2 is 1.75 bits per heavy atom. The van der Waals surface area contributed by atoms with Gasteiger partial charge in [0.25, 0.3) is 0 Å². The Morgan fingerprint density at radius 3 is 2.25 bits per heavy atom. The molecule has 0 radical (unpaired) electrons. The van der Waals surface area contributed by atoms with Crippen LogP contribution in [0.5, 0.6) is 0 Å². The lowest BCUT2D eigenvalue weighted by Gasteiger charge is -2.35. The molecule has 0 aromatic heterocycles. The second-order valence-electron chi connectivity index (χ2n) is 5.70. The summed E-state index contributed by atoms with van der Waals surface area (Å²) >= 11 is 0. The lowest BCUT2D eigenvalue weighted by atomic mass is 9.77. The highest BCUT2D eigenvalue weighted by Gasteiger charge is 2.32. The van der Waals surface area contributed by atoms with Crippen LogP contribution in [0.2, 0.25) is 0 Å². The maximum absolute atomic E-state index is 10.3. The third-order valence-electron chi connectivity index (χ3n) is 4.57. The molecule has 2 unspecified atom stereocenters. The Balaban J connectivity index is 1.81. The predicted molar refractivity (Wildman–Crippen MR) is 65.3 cm³/mol. The van der Waals surface area contributed by atoms with E-state index in [0.29, 0.717) is 5.92 Å². The van der Waals surface area contributed by atoms with E-state index in [1.807, 2.05) is 0 Å². The van der Waals surface area contributed by atoms with Crippen molar-refractivity contribution >= 4 is 0 Å². The van der Waals surface area contributed by atoms with E-state index in [0.717, 1.165) is 12.3 Å². The minimum atomic E-state index is -0.224. The zero-order chi connectivity index (χ0) is 11.4. The van der Waals surface area contributed by atoms with Crippen molar-refractivity contribution in [2.75, 3.05) is 7.11 Å². The highest BCUT2D eigenvalue weighted by Crippen LogP contribution is 2.35. The molecule has 0 spiro atoms. The monoisotopic (exact) mass is 226 g/mol. The van der Waals surface area contributed by atoms with Gasteiger partial charge in [-0.15, -0.1) is 0 Å². The van der Waals surface area contributed by atoms with Crippen LogP contribution in [0.4, 0.5) is 0 Å². The van der Waals surface area contributed by atoms with Gasteiger partial charge >= 0.3 is 0 Å². The van der Waals surface area contributed by atoms with Crippen molar-refractivity contribution in [1.82, 2.24) is 0 Å². The molecule has 1 N–H and O–H groups in total. The maximum atomic E-state index is 10.3. The minimum absolute atomic E-state index is 0.0981. The van der Waals surface area contributed by atoms with E-state index in [1.54, 1.807) is 7.11 Å². The van der Waals surface area contributed by atoms with Gasteiger partial charge in [0.1, 0.15) is 0 Å². The van der Waals surface area contributed by atoms with Gasteiger partial charge in [0, 0.05) is 7.11 Å². The molecule has 2 saturated carbocycles. The predicted octanol–water partition coefficient (Wildman–Crippen LogP) is 3.13. The van der Waals surface area contributed by atoms with Crippen LogP contribution in [-0.4, -0.2) is 24.4 Å². The number of rotatable bonds is 5. The Bertz CT molecular complexity index is 195.